The molecule has 0 amide bonds. The van der Waals surface area contributed by atoms with Crippen molar-refractivity contribution in [3.8, 4) is 0 Å². The lowest BCUT2D eigenvalue weighted by atomic mass is 10.0. The maximum atomic E-state index is 9.75. The van der Waals surface area contributed by atoms with Crippen LogP contribution in [0.15, 0.2) is 6.07 Å². The van der Waals surface area contributed by atoms with Crippen LogP contribution in [-0.4, -0.2) is 14.9 Å². The van der Waals surface area contributed by atoms with Crippen LogP contribution in [0.1, 0.15) is 37.8 Å². The minimum Gasteiger partial charge on any atom is -0.387 e. The first-order valence-electron chi connectivity index (χ1n) is 4.69. The van der Waals surface area contributed by atoms with Crippen LogP contribution in [-0.2, 0) is 7.05 Å². The molecule has 0 aromatic carbocycles. The Labute approximate surface area is 79.4 Å². The molecular formula is C10H18N2O. The Hall–Kier alpha value is -0.830. The van der Waals surface area contributed by atoms with Gasteiger partial charge in [0.25, 0.3) is 0 Å². The van der Waals surface area contributed by atoms with Gasteiger partial charge in [-0.05, 0) is 25.3 Å². The predicted molar refractivity (Wildman–Crippen MR) is 52.4 cm³/mol. The first kappa shape index (κ1) is 10.3. The Morgan fingerprint density at radius 1 is 1.54 bits per heavy atom. The summed E-state index contributed by atoms with van der Waals surface area (Å²) in [5, 5.41) is 14.0. The lowest BCUT2D eigenvalue weighted by Gasteiger charge is -2.09. The fraction of sp³-hybridized carbons (Fsp3) is 0.700. The number of aliphatic hydroxyl groups excluding tert-OH is 1. The van der Waals surface area contributed by atoms with Gasteiger partial charge in [0.15, 0.2) is 0 Å². The number of nitrogens with zero attached hydrogens (tertiary/aromatic N) is 2. The minimum atomic E-state index is -0.417. The van der Waals surface area contributed by atoms with Crippen LogP contribution in [0, 0.1) is 12.8 Å². The molecule has 0 bridgehead atoms. The summed E-state index contributed by atoms with van der Waals surface area (Å²) in [4.78, 5) is 0. The van der Waals surface area contributed by atoms with Gasteiger partial charge in [-0.15, -0.1) is 0 Å². The topological polar surface area (TPSA) is 38.1 Å². The van der Waals surface area contributed by atoms with E-state index in [0.29, 0.717) is 5.92 Å². The van der Waals surface area contributed by atoms with Crippen LogP contribution >= 0.6 is 0 Å². The van der Waals surface area contributed by atoms with Crippen molar-refractivity contribution >= 4 is 0 Å². The van der Waals surface area contributed by atoms with E-state index in [0.717, 1.165) is 17.8 Å². The highest BCUT2D eigenvalue weighted by Gasteiger charge is 2.13. The van der Waals surface area contributed by atoms with Gasteiger partial charge >= 0.3 is 0 Å². The second-order valence-electron chi connectivity index (χ2n) is 3.98. The van der Waals surface area contributed by atoms with Gasteiger partial charge in [0, 0.05) is 12.7 Å². The second-order valence-corrected chi connectivity index (χ2v) is 3.98. The number of aromatic nitrogens is 2. The molecule has 3 heteroatoms. The maximum absolute atomic E-state index is 9.75. The SMILES string of the molecule is Cc1cc(C(O)CC(C)C)nn1C. The van der Waals surface area contributed by atoms with E-state index >= 15 is 0 Å². The summed E-state index contributed by atoms with van der Waals surface area (Å²) >= 11 is 0. The van der Waals surface area contributed by atoms with Gasteiger partial charge in [-0.25, -0.2) is 0 Å². The molecule has 0 radical (unpaired) electrons. The molecule has 13 heavy (non-hydrogen) atoms. The molecule has 1 rings (SSSR count). The van der Waals surface area contributed by atoms with Gasteiger partial charge in [-0.1, -0.05) is 13.8 Å². The quantitative estimate of drug-likeness (QED) is 0.774. The van der Waals surface area contributed by atoms with Crippen molar-refractivity contribution in [2.24, 2.45) is 13.0 Å². The van der Waals surface area contributed by atoms with Crippen LogP contribution in [0.5, 0.6) is 0 Å². The Kier molecular flexibility index (Phi) is 3.09. The van der Waals surface area contributed by atoms with Gasteiger partial charge in [-0.3, -0.25) is 4.68 Å². The number of hydrogen-bond donors (Lipinski definition) is 1. The van der Waals surface area contributed by atoms with E-state index in [-0.39, 0.29) is 0 Å². The molecule has 74 valence electrons. The van der Waals surface area contributed by atoms with E-state index in [1.807, 2.05) is 20.0 Å². The van der Waals surface area contributed by atoms with Crippen LogP contribution in [0.3, 0.4) is 0 Å². The predicted octanol–water partition coefficient (Wildman–Crippen LogP) is 1.81. The van der Waals surface area contributed by atoms with Gasteiger partial charge < -0.3 is 5.11 Å². The minimum absolute atomic E-state index is 0.417. The van der Waals surface area contributed by atoms with E-state index in [1.165, 1.54) is 0 Å². The highest BCUT2D eigenvalue weighted by Crippen LogP contribution is 2.19. The molecule has 0 aliphatic heterocycles. The summed E-state index contributed by atoms with van der Waals surface area (Å²) in [7, 11) is 1.89. The van der Waals surface area contributed by atoms with Crippen LogP contribution in [0.25, 0.3) is 0 Å². The third-order valence-electron chi connectivity index (χ3n) is 2.17. The molecule has 1 heterocycles. The zero-order valence-corrected chi connectivity index (χ0v) is 8.78. The summed E-state index contributed by atoms with van der Waals surface area (Å²) in [6, 6.07) is 1.94. The van der Waals surface area contributed by atoms with Crippen LogP contribution in [0.4, 0.5) is 0 Å². The second kappa shape index (κ2) is 3.92. The van der Waals surface area contributed by atoms with Gasteiger partial charge in [0.2, 0.25) is 0 Å². The normalized spacial score (nSPS) is 13.7. The monoisotopic (exact) mass is 182 g/mol. The Balaban J connectivity index is 2.71. The number of aliphatic hydroxyl groups is 1. The third-order valence-corrected chi connectivity index (χ3v) is 2.17. The average molecular weight is 182 g/mol. The first-order chi connectivity index (χ1) is 6.00. The van der Waals surface area contributed by atoms with E-state index < -0.39 is 6.10 Å². The lowest BCUT2D eigenvalue weighted by molar-refractivity contribution is 0.146. The van der Waals surface area contributed by atoms with Crippen molar-refractivity contribution in [3.63, 3.8) is 0 Å². The van der Waals surface area contributed by atoms with Gasteiger partial charge in [0.05, 0.1) is 11.8 Å². The molecule has 1 N–H and O–H groups in total. The largest absolute Gasteiger partial charge is 0.387 e. The molecule has 1 atom stereocenters. The summed E-state index contributed by atoms with van der Waals surface area (Å²) in [5.74, 6) is 0.498. The van der Waals surface area contributed by atoms with Crippen molar-refractivity contribution in [1.29, 1.82) is 0 Å². The molecular weight excluding hydrogens is 164 g/mol. The summed E-state index contributed by atoms with van der Waals surface area (Å²) in [6.07, 6.45) is 0.357. The molecule has 1 unspecified atom stereocenters. The van der Waals surface area contributed by atoms with Crippen molar-refractivity contribution < 1.29 is 5.11 Å². The van der Waals surface area contributed by atoms with Crippen LogP contribution < -0.4 is 0 Å². The molecule has 3 nitrogen and oxygen atoms in total. The number of aryl methyl sites for hydroxylation is 2. The highest BCUT2D eigenvalue weighted by atomic mass is 16.3. The van der Waals surface area contributed by atoms with E-state index in [2.05, 4.69) is 18.9 Å². The molecule has 0 fully saturated rings. The molecule has 0 spiro atoms. The van der Waals surface area contributed by atoms with Crippen molar-refractivity contribution in [1.82, 2.24) is 9.78 Å². The molecule has 0 saturated heterocycles. The summed E-state index contributed by atoms with van der Waals surface area (Å²) in [5.41, 5.74) is 1.87. The fourth-order valence-corrected chi connectivity index (χ4v) is 1.32. The third kappa shape index (κ3) is 2.56. The molecule has 1 aromatic rings. The molecule has 1 aromatic heterocycles. The Bertz CT molecular complexity index is 259. The number of hydrogen-bond acceptors (Lipinski definition) is 2. The number of rotatable bonds is 3. The zero-order chi connectivity index (χ0) is 10.0. The van der Waals surface area contributed by atoms with E-state index in [4.69, 9.17) is 0 Å². The average Bonchev–Trinajstić information content (AvgIpc) is 2.31. The van der Waals surface area contributed by atoms with Crippen molar-refractivity contribution in [2.75, 3.05) is 0 Å². The van der Waals surface area contributed by atoms with Gasteiger partial charge in [-0.2, -0.15) is 5.10 Å². The Morgan fingerprint density at radius 3 is 2.54 bits per heavy atom. The summed E-state index contributed by atoms with van der Waals surface area (Å²) in [6.45, 7) is 6.18. The van der Waals surface area contributed by atoms with Gasteiger partial charge in [0.1, 0.15) is 0 Å². The van der Waals surface area contributed by atoms with E-state index in [1.54, 1.807) is 4.68 Å². The standard InChI is InChI=1S/C10H18N2O/c1-7(2)5-10(13)9-6-8(3)12(4)11-9/h6-7,10,13H,5H2,1-4H3. The molecule has 0 aliphatic rings. The highest BCUT2D eigenvalue weighted by molar-refractivity contribution is 5.10. The first-order valence-corrected chi connectivity index (χ1v) is 4.69. The smallest absolute Gasteiger partial charge is 0.0980 e. The zero-order valence-electron chi connectivity index (χ0n) is 8.78. The fourth-order valence-electron chi connectivity index (χ4n) is 1.32. The lowest BCUT2D eigenvalue weighted by Crippen LogP contribution is -2.03. The molecule has 0 aliphatic carbocycles. The van der Waals surface area contributed by atoms with Crippen LogP contribution in [0.2, 0.25) is 0 Å². The maximum Gasteiger partial charge on any atom is 0.0980 e. The Morgan fingerprint density at radius 2 is 2.15 bits per heavy atom. The summed E-state index contributed by atoms with van der Waals surface area (Å²) < 4.78 is 1.79. The molecule has 0 saturated carbocycles. The van der Waals surface area contributed by atoms with E-state index in [9.17, 15) is 5.11 Å². The van der Waals surface area contributed by atoms with Crippen molar-refractivity contribution in [3.05, 3.63) is 17.5 Å². The van der Waals surface area contributed by atoms with Crippen molar-refractivity contribution in [2.45, 2.75) is 33.3 Å².